The molecule has 0 spiro atoms. The molecule has 20 heteroatoms. The Morgan fingerprint density at radius 3 is 2.47 bits per heavy atom. The molecule has 1 aliphatic heterocycles. The third kappa shape index (κ3) is 6.37. The van der Waals surface area contributed by atoms with Gasteiger partial charge in [0.25, 0.3) is 0 Å². The molecule has 3 aromatic heterocycles. The van der Waals surface area contributed by atoms with E-state index in [9.17, 15) is 30.7 Å². The minimum Gasteiger partial charge on any atom is -0.323 e. The fourth-order valence-corrected chi connectivity index (χ4v) is 4.33. The zero-order valence-corrected chi connectivity index (χ0v) is 21.9. The van der Waals surface area contributed by atoms with E-state index in [0.717, 1.165) is 16.9 Å². The van der Waals surface area contributed by atoms with Crippen molar-refractivity contribution in [3.63, 3.8) is 0 Å². The summed E-state index contributed by atoms with van der Waals surface area (Å²) in [6, 6.07) is 4.33. The van der Waals surface area contributed by atoms with Gasteiger partial charge in [0.2, 0.25) is 0 Å². The quantitative estimate of drug-likeness (QED) is 0.229. The molecule has 0 radical (unpaired) electrons. The normalized spacial score (nSPS) is 14.5. The summed E-state index contributed by atoms with van der Waals surface area (Å²) in [7, 11) is 0. The number of nitrogens with one attached hydrogen (secondary N) is 2. The summed E-state index contributed by atoms with van der Waals surface area (Å²) >= 11 is 5.96. The van der Waals surface area contributed by atoms with Crippen molar-refractivity contribution >= 4 is 17.3 Å². The van der Waals surface area contributed by atoms with Crippen LogP contribution in [0.15, 0.2) is 49.1 Å². The summed E-state index contributed by atoms with van der Waals surface area (Å²) in [4.78, 5) is 4.31. The van der Waals surface area contributed by atoms with E-state index in [-0.39, 0.29) is 45.3 Å². The fraction of sp³-hybridized carbons (Fsp3) is 0.261. The Balaban J connectivity index is 1.48. The van der Waals surface area contributed by atoms with E-state index >= 15 is 4.39 Å². The number of halogens is 9. The van der Waals surface area contributed by atoms with Gasteiger partial charge in [-0.2, -0.15) is 35.4 Å². The highest BCUT2D eigenvalue weighted by atomic mass is 35.5. The van der Waals surface area contributed by atoms with Gasteiger partial charge in [0.05, 0.1) is 47.1 Å². The average molecular weight is 637 g/mol. The third-order valence-electron chi connectivity index (χ3n) is 6.11. The van der Waals surface area contributed by atoms with Gasteiger partial charge in [-0.1, -0.05) is 28.1 Å². The van der Waals surface area contributed by atoms with Crippen LogP contribution in [0.25, 0.3) is 22.5 Å². The van der Waals surface area contributed by atoms with Crippen molar-refractivity contribution in [1.82, 2.24) is 50.9 Å². The molecule has 43 heavy (non-hydrogen) atoms. The number of alkyl halides is 7. The first-order valence-electron chi connectivity index (χ1n) is 12.0. The second-order valence-corrected chi connectivity index (χ2v) is 9.14. The Labute approximate surface area is 240 Å². The van der Waals surface area contributed by atoms with Crippen LogP contribution >= 0.6 is 11.6 Å². The van der Waals surface area contributed by atoms with Crippen LogP contribution in [0, 0.1) is 5.82 Å². The Hall–Kier alpha value is -4.36. The molecule has 0 aliphatic carbocycles. The summed E-state index contributed by atoms with van der Waals surface area (Å²) in [6.07, 6.45) is -0.659. The lowest BCUT2D eigenvalue weighted by Gasteiger charge is -2.26. The molecule has 0 amide bonds. The Bertz CT molecular complexity index is 1610. The second-order valence-electron chi connectivity index (χ2n) is 8.74. The van der Waals surface area contributed by atoms with E-state index in [2.05, 4.69) is 41.3 Å². The van der Waals surface area contributed by atoms with Gasteiger partial charge in [-0.05, 0) is 24.6 Å². The standard InChI is InChI=1S/C23H17ClF8N10O/c24-12-2-4-16(41-10-18(36-39-41)23(30,31)32)19(20(12)25)11-1-3-13(33-7-11)15(5-6-43-22(28)29)40-9-14(35-38-40)17-8-34-37-42(17)21(26)27/h1-4,7-10,15,21-22,35,38H,5-6H2/t15-/m1/s1. The topological polar surface area (TPSA) is 111 Å². The summed E-state index contributed by atoms with van der Waals surface area (Å²) in [5.41, 5.74) is 4.08. The predicted molar refractivity (Wildman–Crippen MR) is 131 cm³/mol. The molecule has 1 atom stereocenters. The lowest BCUT2D eigenvalue weighted by atomic mass is 10.0. The molecular formula is C23H17ClF8N10O. The average Bonchev–Trinajstić information content (AvgIpc) is 3.73. The Morgan fingerprint density at radius 2 is 1.81 bits per heavy atom. The van der Waals surface area contributed by atoms with Gasteiger partial charge in [0.15, 0.2) is 11.5 Å². The number of hydrogen-bond acceptors (Lipinski definition) is 9. The zero-order chi connectivity index (χ0) is 30.9. The van der Waals surface area contributed by atoms with E-state index < -0.39 is 43.5 Å². The number of pyridine rings is 1. The minimum absolute atomic E-state index is 0.0818. The van der Waals surface area contributed by atoms with Gasteiger partial charge in [0, 0.05) is 23.5 Å². The van der Waals surface area contributed by atoms with Crippen LogP contribution in [0.3, 0.4) is 0 Å². The monoisotopic (exact) mass is 636 g/mol. The van der Waals surface area contributed by atoms with E-state index in [1.807, 2.05) is 0 Å². The number of hydrazine groups is 2. The van der Waals surface area contributed by atoms with Crippen LogP contribution in [0.4, 0.5) is 35.1 Å². The van der Waals surface area contributed by atoms with Crippen molar-refractivity contribution in [1.29, 1.82) is 0 Å². The van der Waals surface area contributed by atoms with Crippen molar-refractivity contribution in [3.05, 3.63) is 77.0 Å². The molecule has 1 aromatic carbocycles. The molecule has 4 aromatic rings. The number of aromatic nitrogens is 7. The van der Waals surface area contributed by atoms with Crippen LogP contribution in [-0.4, -0.2) is 53.2 Å². The van der Waals surface area contributed by atoms with Gasteiger partial charge in [0.1, 0.15) is 5.69 Å². The van der Waals surface area contributed by atoms with Crippen molar-refractivity contribution in [2.24, 2.45) is 0 Å². The molecule has 0 saturated carbocycles. The highest BCUT2D eigenvalue weighted by molar-refractivity contribution is 6.31. The molecule has 0 unspecified atom stereocenters. The first-order chi connectivity index (χ1) is 20.4. The predicted octanol–water partition coefficient (Wildman–Crippen LogP) is 5.12. The van der Waals surface area contributed by atoms with E-state index in [1.54, 1.807) is 0 Å². The van der Waals surface area contributed by atoms with Gasteiger partial charge in [-0.25, -0.2) is 9.07 Å². The maximum absolute atomic E-state index is 15.3. The lowest BCUT2D eigenvalue weighted by molar-refractivity contribution is -0.141. The van der Waals surface area contributed by atoms with Gasteiger partial charge >= 0.3 is 19.3 Å². The van der Waals surface area contributed by atoms with Crippen LogP contribution in [0.2, 0.25) is 5.02 Å². The number of nitrogens with zero attached hydrogens (tertiary/aromatic N) is 8. The highest BCUT2D eigenvalue weighted by Gasteiger charge is 2.35. The molecule has 5 rings (SSSR count). The largest absolute Gasteiger partial charge is 0.436 e. The summed E-state index contributed by atoms with van der Waals surface area (Å²) in [6.45, 7) is -6.49. The summed E-state index contributed by atoms with van der Waals surface area (Å²) in [5, 5.41) is 14.4. The molecule has 11 nitrogen and oxygen atoms in total. The maximum Gasteiger partial charge on any atom is 0.436 e. The molecular weight excluding hydrogens is 620 g/mol. The van der Waals surface area contributed by atoms with E-state index in [4.69, 9.17) is 11.6 Å². The van der Waals surface area contributed by atoms with Gasteiger partial charge in [-0.15, -0.1) is 15.7 Å². The molecule has 2 N–H and O–H groups in total. The zero-order valence-electron chi connectivity index (χ0n) is 21.2. The van der Waals surface area contributed by atoms with Crippen LogP contribution in [-0.2, 0) is 10.9 Å². The number of rotatable bonds is 10. The molecule has 0 saturated heterocycles. The van der Waals surface area contributed by atoms with Crippen LogP contribution in [0.1, 0.15) is 36.1 Å². The molecule has 228 valence electrons. The van der Waals surface area contributed by atoms with Gasteiger partial charge in [-0.3, -0.25) is 9.99 Å². The van der Waals surface area contributed by atoms with E-state index in [0.29, 0.717) is 10.9 Å². The molecule has 0 fully saturated rings. The molecule has 0 bridgehead atoms. The lowest BCUT2D eigenvalue weighted by Crippen LogP contribution is -2.39. The van der Waals surface area contributed by atoms with Crippen LogP contribution < -0.4 is 11.0 Å². The van der Waals surface area contributed by atoms with Crippen molar-refractivity contribution in [2.45, 2.75) is 31.8 Å². The summed E-state index contributed by atoms with van der Waals surface area (Å²) in [5.74, 6) is -0.970. The highest BCUT2D eigenvalue weighted by Crippen LogP contribution is 2.36. The molecule has 4 heterocycles. The summed E-state index contributed by atoms with van der Waals surface area (Å²) < 4.78 is 112. The van der Waals surface area contributed by atoms with Crippen molar-refractivity contribution in [2.75, 3.05) is 6.61 Å². The fourth-order valence-electron chi connectivity index (χ4n) is 4.17. The molecule has 1 aliphatic rings. The number of ether oxygens (including phenoxy) is 1. The smallest absolute Gasteiger partial charge is 0.323 e. The number of benzene rings is 1. The Morgan fingerprint density at radius 1 is 1.02 bits per heavy atom. The second kappa shape index (κ2) is 12.1. The van der Waals surface area contributed by atoms with Gasteiger partial charge < -0.3 is 10.2 Å². The Kier molecular flexibility index (Phi) is 8.47. The van der Waals surface area contributed by atoms with E-state index in [1.165, 1.54) is 35.6 Å². The SMILES string of the molecule is Fc1c(Cl)ccc(-n2cc(C(F)(F)F)nn2)c1-c1ccc([C@@H](CCOC(F)F)N2C=C(c3cnnn3C(F)F)NN2)nc1. The van der Waals surface area contributed by atoms with Crippen LogP contribution in [0.5, 0.6) is 0 Å². The van der Waals surface area contributed by atoms with Crippen molar-refractivity contribution in [3.8, 4) is 16.8 Å². The number of hydrogen-bond donors (Lipinski definition) is 2. The van der Waals surface area contributed by atoms with Crippen molar-refractivity contribution < 1.29 is 39.9 Å². The minimum atomic E-state index is -4.79. The third-order valence-corrected chi connectivity index (χ3v) is 6.41. The first kappa shape index (κ1) is 30.1. The first-order valence-corrected chi connectivity index (χ1v) is 12.4. The maximum atomic E-state index is 15.3.